The highest BCUT2D eigenvalue weighted by atomic mass is 16.4. The van der Waals surface area contributed by atoms with Crippen LogP contribution in [0.5, 0.6) is 0 Å². The lowest BCUT2D eigenvalue weighted by molar-refractivity contribution is -0.122. The van der Waals surface area contributed by atoms with E-state index in [9.17, 15) is 14.4 Å². The molecule has 0 aromatic carbocycles. The summed E-state index contributed by atoms with van der Waals surface area (Å²) in [4.78, 5) is 33.7. The topological polar surface area (TPSA) is 124 Å². The highest BCUT2D eigenvalue weighted by Gasteiger charge is 2.29. The number of carbonyl (C=O) groups excluding carboxylic acids is 2. The summed E-state index contributed by atoms with van der Waals surface area (Å²) >= 11 is 0. The molecule has 96 valence electrons. The average molecular weight is 252 g/mol. The molecule has 8 heteroatoms. The zero-order valence-electron chi connectivity index (χ0n) is 9.61. The van der Waals surface area contributed by atoms with E-state index in [4.69, 9.17) is 5.11 Å². The van der Waals surface area contributed by atoms with Crippen molar-refractivity contribution in [2.75, 3.05) is 5.32 Å². The van der Waals surface area contributed by atoms with Crippen molar-refractivity contribution in [2.24, 2.45) is 0 Å². The van der Waals surface area contributed by atoms with Gasteiger partial charge in [0.05, 0.1) is 0 Å². The van der Waals surface area contributed by atoms with E-state index < -0.39 is 17.9 Å². The minimum atomic E-state index is -1.17. The summed E-state index contributed by atoms with van der Waals surface area (Å²) < 4.78 is 0. The third-order valence-electron chi connectivity index (χ3n) is 2.71. The van der Waals surface area contributed by atoms with Crippen LogP contribution >= 0.6 is 0 Å². The molecule has 0 aliphatic carbocycles. The van der Waals surface area contributed by atoms with Crippen molar-refractivity contribution in [3.8, 4) is 0 Å². The molecular formula is C10H12N4O4. The van der Waals surface area contributed by atoms with Crippen LogP contribution in [-0.2, 0) is 9.59 Å². The number of aromatic carboxylic acids is 1. The quantitative estimate of drug-likeness (QED) is 0.584. The Bertz CT molecular complexity index is 522. The second kappa shape index (κ2) is 4.47. The molecule has 2 amide bonds. The van der Waals surface area contributed by atoms with E-state index in [1.165, 1.54) is 0 Å². The Morgan fingerprint density at radius 3 is 2.78 bits per heavy atom. The summed E-state index contributed by atoms with van der Waals surface area (Å²) in [6.45, 7) is 1.55. The number of hydrogen-bond acceptors (Lipinski definition) is 4. The van der Waals surface area contributed by atoms with Crippen LogP contribution in [0.2, 0.25) is 0 Å². The van der Waals surface area contributed by atoms with Crippen LogP contribution in [0.15, 0.2) is 0 Å². The molecule has 1 atom stereocenters. The maximum atomic E-state index is 11.8. The summed E-state index contributed by atoms with van der Waals surface area (Å²) in [5.74, 6) is -1.86. The molecule has 1 aliphatic rings. The number of carbonyl (C=O) groups is 3. The van der Waals surface area contributed by atoms with Crippen LogP contribution in [-0.4, -0.2) is 39.1 Å². The Morgan fingerprint density at radius 2 is 2.22 bits per heavy atom. The van der Waals surface area contributed by atoms with Crippen molar-refractivity contribution in [2.45, 2.75) is 25.8 Å². The number of hydrogen-bond donors (Lipinski definition) is 4. The summed E-state index contributed by atoms with van der Waals surface area (Å²) in [5, 5.41) is 20.1. The number of nitrogens with zero attached hydrogens (tertiary/aromatic N) is 1. The van der Waals surface area contributed by atoms with Gasteiger partial charge in [0.15, 0.2) is 5.82 Å². The van der Waals surface area contributed by atoms with Crippen LogP contribution in [0.1, 0.15) is 28.9 Å². The van der Waals surface area contributed by atoms with Gasteiger partial charge in [-0.05, 0) is 13.3 Å². The van der Waals surface area contributed by atoms with Gasteiger partial charge in [0.25, 0.3) is 0 Å². The first-order valence-electron chi connectivity index (χ1n) is 5.37. The standard InChI is InChI=1S/C10H12N4O4/c1-4-7(10(17)18)8(14-13-4)12-9(16)5-2-3-6(15)11-5/h5H,2-3H2,1H3,(H,11,15)(H,17,18)(H2,12,13,14,16). The number of carboxylic acids is 1. The molecule has 0 spiro atoms. The van der Waals surface area contributed by atoms with E-state index >= 15 is 0 Å². The van der Waals surface area contributed by atoms with Crippen LogP contribution in [0.3, 0.4) is 0 Å². The van der Waals surface area contributed by atoms with Gasteiger partial charge in [-0.15, -0.1) is 0 Å². The van der Waals surface area contributed by atoms with Gasteiger partial charge in [0.2, 0.25) is 11.8 Å². The maximum Gasteiger partial charge on any atom is 0.341 e. The Balaban J connectivity index is 2.12. The van der Waals surface area contributed by atoms with Gasteiger partial charge in [0, 0.05) is 12.1 Å². The molecule has 1 saturated heterocycles. The summed E-state index contributed by atoms with van der Waals surface area (Å²) in [5.41, 5.74) is 0.279. The number of amides is 2. The lowest BCUT2D eigenvalue weighted by Crippen LogP contribution is -2.37. The fourth-order valence-corrected chi connectivity index (χ4v) is 1.80. The zero-order valence-corrected chi connectivity index (χ0v) is 9.61. The number of H-pyrrole nitrogens is 1. The number of carboxylic acid groups (broad SMARTS) is 1. The number of rotatable bonds is 3. The molecule has 1 aliphatic heterocycles. The van der Waals surface area contributed by atoms with E-state index in [0.717, 1.165) is 0 Å². The third kappa shape index (κ3) is 2.17. The number of anilines is 1. The summed E-state index contributed by atoms with van der Waals surface area (Å²) in [6.07, 6.45) is 0.694. The van der Waals surface area contributed by atoms with E-state index in [-0.39, 0.29) is 17.3 Å². The van der Waals surface area contributed by atoms with Gasteiger partial charge >= 0.3 is 5.97 Å². The van der Waals surface area contributed by atoms with Crippen LogP contribution in [0, 0.1) is 6.92 Å². The second-order valence-corrected chi connectivity index (χ2v) is 4.03. The monoisotopic (exact) mass is 252 g/mol. The Morgan fingerprint density at radius 1 is 1.50 bits per heavy atom. The molecule has 0 radical (unpaired) electrons. The van der Waals surface area contributed by atoms with Crippen molar-refractivity contribution in [3.63, 3.8) is 0 Å². The van der Waals surface area contributed by atoms with Crippen LogP contribution in [0.25, 0.3) is 0 Å². The largest absolute Gasteiger partial charge is 0.477 e. The van der Waals surface area contributed by atoms with Gasteiger partial charge in [-0.2, -0.15) is 5.10 Å². The third-order valence-corrected chi connectivity index (χ3v) is 2.71. The average Bonchev–Trinajstić information content (AvgIpc) is 2.85. The van der Waals surface area contributed by atoms with Crippen molar-refractivity contribution >= 4 is 23.6 Å². The van der Waals surface area contributed by atoms with E-state index in [2.05, 4.69) is 20.8 Å². The molecule has 1 fully saturated rings. The van der Waals surface area contributed by atoms with Crippen LogP contribution in [0.4, 0.5) is 5.82 Å². The minimum absolute atomic E-state index is 0.0360. The first-order chi connectivity index (χ1) is 8.49. The van der Waals surface area contributed by atoms with E-state index in [1.807, 2.05) is 0 Å². The predicted molar refractivity (Wildman–Crippen MR) is 60.1 cm³/mol. The SMILES string of the molecule is Cc1[nH]nc(NC(=O)C2CCC(=O)N2)c1C(=O)O. The lowest BCUT2D eigenvalue weighted by atomic mass is 10.2. The molecule has 1 unspecified atom stereocenters. The van der Waals surface area contributed by atoms with Gasteiger partial charge in [-0.3, -0.25) is 14.7 Å². The molecule has 18 heavy (non-hydrogen) atoms. The number of aromatic amines is 1. The van der Waals surface area contributed by atoms with E-state index in [1.54, 1.807) is 6.92 Å². The summed E-state index contributed by atoms with van der Waals surface area (Å²) in [6, 6.07) is -0.629. The highest BCUT2D eigenvalue weighted by molar-refractivity contribution is 6.03. The molecule has 2 heterocycles. The summed E-state index contributed by atoms with van der Waals surface area (Å²) in [7, 11) is 0. The minimum Gasteiger partial charge on any atom is -0.477 e. The Kier molecular flexibility index (Phi) is 3.00. The van der Waals surface area contributed by atoms with Gasteiger partial charge in [-0.1, -0.05) is 0 Å². The Labute approximate surface area is 102 Å². The van der Waals surface area contributed by atoms with Crippen molar-refractivity contribution in [1.29, 1.82) is 0 Å². The molecule has 2 rings (SSSR count). The zero-order chi connectivity index (χ0) is 13.3. The first-order valence-corrected chi connectivity index (χ1v) is 5.37. The molecule has 1 aromatic heterocycles. The predicted octanol–water partition coefficient (Wildman–Crippen LogP) is -0.367. The van der Waals surface area contributed by atoms with Crippen molar-refractivity contribution in [1.82, 2.24) is 15.5 Å². The van der Waals surface area contributed by atoms with Crippen molar-refractivity contribution < 1.29 is 19.5 Å². The highest BCUT2D eigenvalue weighted by Crippen LogP contribution is 2.17. The fourth-order valence-electron chi connectivity index (χ4n) is 1.80. The Hall–Kier alpha value is -2.38. The molecule has 0 bridgehead atoms. The lowest BCUT2D eigenvalue weighted by Gasteiger charge is -2.09. The van der Waals surface area contributed by atoms with Gasteiger partial charge < -0.3 is 15.7 Å². The molecular weight excluding hydrogens is 240 g/mol. The fraction of sp³-hybridized carbons (Fsp3) is 0.400. The van der Waals surface area contributed by atoms with Crippen LogP contribution < -0.4 is 10.6 Å². The van der Waals surface area contributed by atoms with Gasteiger partial charge in [-0.25, -0.2) is 4.79 Å². The first kappa shape index (κ1) is 12.1. The number of nitrogens with one attached hydrogen (secondary N) is 3. The molecule has 4 N–H and O–H groups in total. The normalized spacial score (nSPS) is 18.5. The van der Waals surface area contributed by atoms with Gasteiger partial charge in [0.1, 0.15) is 11.6 Å². The second-order valence-electron chi connectivity index (χ2n) is 4.03. The molecule has 8 nitrogen and oxygen atoms in total. The number of aromatic nitrogens is 2. The maximum absolute atomic E-state index is 11.8. The number of aryl methyl sites for hydroxylation is 1. The smallest absolute Gasteiger partial charge is 0.341 e. The molecule has 1 aromatic rings. The van der Waals surface area contributed by atoms with E-state index in [0.29, 0.717) is 18.5 Å². The molecule has 0 saturated carbocycles. The van der Waals surface area contributed by atoms with Crippen molar-refractivity contribution in [3.05, 3.63) is 11.3 Å².